The molecule has 0 radical (unpaired) electrons. The number of allylic oxidation sites excluding steroid dienone is 1. The van der Waals surface area contributed by atoms with Gasteiger partial charge in [0.05, 0.1) is 11.0 Å². The summed E-state index contributed by atoms with van der Waals surface area (Å²) >= 11 is 0. The van der Waals surface area contributed by atoms with E-state index in [1.165, 1.54) is 0 Å². The second-order valence-electron chi connectivity index (χ2n) is 7.53. The summed E-state index contributed by atoms with van der Waals surface area (Å²) in [6, 6.07) is 26.5. The van der Waals surface area contributed by atoms with Crippen LogP contribution in [-0.4, -0.2) is 24.9 Å². The number of rotatable bonds is 9. The second kappa shape index (κ2) is 10.4. The van der Waals surface area contributed by atoms with Crippen LogP contribution in [0.2, 0.25) is 0 Å². The Labute approximate surface area is 179 Å². The highest BCUT2D eigenvalue weighted by Gasteiger charge is 2.31. The van der Waals surface area contributed by atoms with E-state index in [2.05, 4.69) is 0 Å². The fourth-order valence-corrected chi connectivity index (χ4v) is 5.10. The SMILES string of the molecule is Cc1ccc(S(=O)(=O)C(/C=C/Cc2ccccc2)C(O)CCc2ccccc2)cc1. The summed E-state index contributed by atoms with van der Waals surface area (Å²) in [4.78, 5) is 0.237. The molecule has 4 heteroatoms. The molecule has 30 heavy (non-hydrogen) atoms. The van der Waals surface area contributed by atoms with Gasteiger partial charge in [-0.1, -0.05) is 90.5 Å². The van der Waals surface area contributed by atoms with Crippen LogP contribution in [0.4, 0.5) is 0 Å². The predicted molar refractivity (Wildman–Crippen MR) is 122 cm³/mol. The van der Waals surface area contributed by atoms with Gasteiger partial charge in [-0.05, 0) is 49.4 Å². The molecule has 3 aromatic rings. The van der Waals surface area contributed by atoms with Gasteiger partial charge >= 0.3 is 0 Å². The van der Waals surface area contributed by atoms with Crippen LogP contribution >= 0.6 is 0 Å². The van der Waals surface area contributed by atoms with Crippen LogP contribution in [0.25, 0.3) is 0 Å². The molecule has 0 aliphatic carbocycles. The van der Waals surface area contributed by atoms with Gasteiger partial charge in [-0.2, -0.15) is 0 Å². The fourth-order valence-electron chi connectivity index (χ4n) is 3.40. The van der Waals surface area contributed by atoms with Crippen molar-refractivity contribution in [2.45, 2.75) is 42.4 Å². The molecule has 0 saturated carbocycles. The monoisotopic (exact) mass is 420 g/mol. The van der Waals surface area contributed by atoms with E-state index in [1.54, 1.807) is 30.3 Å². The standard InChI is InChI=1S/C26H28O3S/c1-21-15-18-24(19-16-21)30(28,29)26(14-8-13-22-9-4-2-5-10-22)25(27)20-17-23-11-6-3-7-12-23/h2-12,14-16,18-19,25-27H,13,17,20H2,1H3/b14-8+. The molecular formula is C26H28O3S. The van der Waals surface area contributed by atoms with Crippen molar-refractivity contribution in [2.75, 3.05) is 0 Å². The third-order valence-corrected chi connectivity index (χ3v) is 7.30. The Morgan fingerprint density at radius 3 is 2.00 bits per heavy atom. The number of hydrogen-bond donors (Lipinski definition) is 1. The van der Waals surface area contributed by atoms with Crippen molar-refractivity contribution in [2.24, 2.45) is 0 Å². The van der Waals surface area contributed by atoms with E-state index in [0.29, 0.717) is 19.3 Å². The molecule has 1 N–H and O–H groups in total. The Balaban J connectivity index is 1.82. The van der Waals surface area contributed by atoms with Gasteiger partial charge in [0.25, 0.3) is 0 Å². The van der Waals surface area contributed by atoms with Crippen molar-refractivity contribution in [3.05, 3.63) is 114 Å². The van der Waals surface area contributed by atoms with Crippen molar-refractivity contribution in [3.8, 4) is 0 Å². The van der Waals surface area contributed by atoms with Gasteiger partial charge in [-0.3, -0.25) is 0 Å². The molecule has 3 nitrogen and oxygen atoms in total. The highest BCUT2D eigenvalue weighted by molar-refractivity contribution is 7.92. The largest absolute Gasteiger partial charge is 0.391 e. The first-order valence-corrected chi connectivity index (χ1v) is 11.7. The Morgan fingerprint density at radius 1 is 0.833 bits per heavy atom. The van der Waals surface area contributed by atoms with Crippen LogP contribution in [0.15, 0.2) is 102 Å². The summed E-state index contributed by atoms with van der Waals surface area (Å²) in [5.41, 5.74) is 3.17. The first-order valence-electron chi connectivity index (χ1n) is 10.2. The summed E-state index contributed by atoms with van der Waals surface area (Å²) in [6.07, 6.45) is 4.11. The summed E-state index contributed by atoms with van der Waals surface area (Å²) in [7, 11) is -3.71. The normalized spacial score (nSPS) is 13.9. The van der Waals surface area contributed by atoms with Crippen molar-refractivity contribution < 1.29 is 13.5 Å². The zero-order valence-corrected chi connectivity index (χ0v) is 18.0. The molecule has 156 valence electrons. The first kappa shape index (κ1) is 22.0. The van der Waals surface area contributed by atoms with E-state index in [9.17, 15) is 13.5 Å². The maximum atomic E-state index is 13.3. The minimum Gasteiger partial charge on any atom is -0.391 e. The number of benzene rings is 3. The van der Waals surface area contributed by atoms with Crippen LogP contribution < -0.4 is 0 Å². The lowest BCUT2D eigenvalue weighted by molar-refractivity contribution is 0.170. The second-order valence-corrected chi connectivity index (χ2v) is 9.64. The number of sulfone groups is 1. The lowest BCUT2D eigenvalue weighted by Gasteiger charge is -2.21. The lowest BCUT2D eigenvalue weighted by atomic mass is 10.0. The fraction of sp³-hybridized carbons (Fsp3) is 0.231. The molecule has 0 fully saturated rings. The minimum absolute atomic E-state index is 0.237. The molecule has 0 aliphatic rings. The van der Waals surface area contributed by atoms with Crippen LogP contribution in [0, 0.1) is 6.92 Å². The topological polar surface area (TPSA) is 54.4 Å². The van der Waals surface area contributed by atoms with E-state index in [1.807, 2.05) is 73.7 Å². The highest BCUT2D eigenvalue weighted by Crippen LogP contribution is 2.23. The van der Waals surface area contributed by atoms with Gasteiger partial charge in [-0.15, -0.1) is 0 Å². The summed E-state index contributed by atoms with van der Waals surface area (Å²) in [5, 5.41) is 9.90. The van der Waals surface area contributed by atoms with Gasteiger partial charge in [-0.25, -0.2) is 8.42 Å². The maximum absolute atomic E-state index is 13.3. The van der Waals surface area contributed by atoms with Crippen molar-refractivity contribution in [1.82, 2.24) is 0 Å². The Bertz CT molecular complexity index is 1040. The number of aryl methyl sites for hydroxylation is 2. The molecule has 0 amide bonds. The van der Waals surface area contributed by atoms with Gasteiger partial charge in [0.15, 0.2) is 9.84 Å². The first-order chi connectivity index (χ1) is 14.5. The van der Waals surface area contributed by atoms with Crippen LogP contribution in [0.1, 0.15) is 23.1 Å². The summed E-state index contributed by atoms with van der Waals surface area (Å²) in [5.74, 6) is 0. The van der Waals surface area contributed by atoms with Crippen LogP contribution in [0.3, 0.4) is 0 Å². The molecule has 0 aromatic heterocycles. The van der Waals surface area contributed by atoms with Crippen molar-refractivity contribution in [1.29, 1.82) is 0 Å². The highest BCUT2D eigenvalue weighted by atomic mass is 32.2. The summed E-state index contributed by atoms with van der Waals surface area (Å²) < 4.78 is 26.7. The third kappa shape index (κ3) is 5.91. The van der Waals surface area contributed by atoms with E-state index >= 15 is 0 Å². The maximum Gasteiger partial charge on any atom is 0.187 e. The lowest BCUT2D eigenvalue weighted by Crippen LogP contribution is -2.33. The van der Waals surface area contributed by atoms with Crippen LogP contribution in [-0.2, 0) is 22.7 Å². The number of hydrogen-bond acceptors (Lipinski definition) is 3. The minimum atomic E-state index is -3.71. The van der Waals surface area contributed by atoms with Gasteiger partial charge in [0.2, 0.25) is 0 Å². The van der Waals surface area contributed by atoms with E-state index < -0.39 is 21.2 Å². The molecule has 0 bridgehead atoms. The molecule has 2 unspecified atom stereocenters. The van der Waals surface area contributed by atoms with E-state index in [0.717, 1.165) is 16.7 Å². The van der Waals surface area contributed by atoms with Crippen LogP contribution in [0.5, 0.6) is 0 Å². The molecule has 0 saturated heterocycles. The van der Waals surface area contributed by atoms with Crippen molar-refractivity contribution in [3.63, 3.8) is 0 Å². The van der Waals surface area contributed by atoms with Gasteiger partial charge in [0, 0.05) is 0 Å². The molecule has 3 aromatic carbocycles. The molecule has 2 atom stereocenters. The average molecular weight is 421 g/mol. The smallest absolute Gasteiger partial charge is 0.187 e. The predicted octanol–water partition coefficient (Wildman–Crippen LogP) is 4.93. The molecule has 0 heterocycles. The molecule has 0 aliphatic heterocycles. The zero-order chi connectivity index (χ0) is 21.4. The molecule has 0 spiro atoms. The number of aliphatic hydroxyl groups excluding tert-OH is 1. The molecule has 3 rings (SSSR count). The van der Waals surface area contributed by atoms with Gasteiger partial charge < -0.3 is 5.11 Å². The average Bonchev–Trinajstić information content (AvgIpc) is 2.76. The Hall–Kier alpha value is -2.69. The third-order valence-electron chi connectivity index (χ3n) is 5.18. The quantitative estimate of drug-likeness (QED) is 0.500. The van der Waals surface area contributed by atoms with E-state index in [4.69, 9.17) is 0 Å². The van der Waals surface area contributed by atoms with E-state index in [-0.39, 0.29) is 4.90 Å². The zero-order valence-electron chi connectivity index (χ0n) is 17.2. The Kier molecular flexibility index (Phi) is 7.61. The van der Waals surface area contributed by atoms with Gasteiger partial charge in [0.1, 0.15) is 5.25 Å². The van der Waals surface area contributed by atoms with Crippen molar-refractivity contribution >= 4 is 9.84 Å². The number of aliphatic hydroxyl groups is 1. The molecular weight excluding hydrogens is 392 g/mol. The summed E-state index contributed by atoms with van der Waals surface area (Å²) in [6.45, 7) is 1.92. The Morgan fingerprint density at radius 2 is 1.40 bits per heavy atom.